The predicted octanol–water partition coefficient (Wildman–Crippen LogP) is 1.08. The van der Waals surface area contributed by atoms with Crippen LogP contribution in [-0.2, 0) is 9.53 Å². The third-order valence-electron chi connectivity index (χ3n) is 2.76. The largest absolute Gasteiger partial charge is 0.479 e. The molecule has 1 heterocycles. The highest BCUT2D eigenvalue weighted by molar-refractivity contribution is 5.76. The fourth-order valence-electron chi connectivity index (χ4n) is 1.82. The fraction of sp³-hybridized carbons (Fsp3) is 0.833. The molecule has 0 bridgehead atoms. The van der Waals surface area contributed by atoms with Crippen molar-refractivity contribution < 1.29 is 24.5 Å². The molecule has 18 heavy (non-hydrogen) atoms. The average molecular weight is 259 g/mol. The number of aliphatic carboxylic acids is 1. The van der Waals surface area contributed by atoms with Gasteiger partial charge in [0.15, 0.2) is 5.60 Å². The van der Waals surface area contributed by atoms with Gasteiger partial charge in [0.25, 0.3) is 0 Å². The molecule has 6 heteroatoms. The van der Waals surface area contributed by atoms with Gasteiger partial charge in [-0.15, -0.1) is 0 Å². The fourth-order valence-corrected chi connectivity index (χ4v) is 1.82. The van der Waals surface area contributed by atoms with E-state index < -0.39 is 23.3 Å². The number of carbonyl (C=O) groups excluding carboxylic acids is 1. The number of amides is 1. The summed E-state index contributed by atoms with van der Waals surface area (Å²) in [6.45, 7) is 7.49. The van der Waals surface area contributed by atoms with Gasteiger partial charge >= 0.3 is 12.1 Å². The molecule has 6 nitrogen and oxygen atoms in total. The molecule has 1 rings (SSSR count). The number of hydrogen-bond acceptors (Lipinski definition) is 4. The third-order valence-corrected chi connectivity index (χ3v) is 2.76. The number of hydrogen-bond donors (Lipinski definition) is 2. The second-order valence-electron chi connectivity index (χ2n) is 6.03. The number of aliphatic hydroxyl groups is 1. The smallest absolute Gasteiger partial charge is 0.410 e. The maximum Gasteiger partial charge on any atom is 0.410 e. The molecular weight excluding hydrogens is 238 g/mol. The Labute approximate surface area is 107 Å². The van der Waals surface area contributed by atoms with E-state index in [2.05, 4.69) is 0 Å². The number of likely N-dealkylation sites (tertiary alicyclic amines) is 1. The van der Waals surface area contributed by atoms with Crippen LogP contribution in [0.15, 0.2) is 0 Å². The SMILES string of the molecule is CC(C)(C)OC(=O)N1CC(CC(C)(O)C(=O)O)C1. The van der Waals surface area contributed by atoms with Gasteiger partial charge in [-0.3, -0.25) is 0 Å². The van der Waals surface area contributed by atoms with Gasteiger partial charge in [0.2, 0.25) is 0 Å². The summed E-state index contributed by atoms with van der Waals surface area (Å²) in [5.74, 6) is -1.23. The molecule has 0 saturated carbocycles. The third kappa shape index (κ3) is 3.87. The first-order valence-corrected chi connectivity index (χ1v) is 5.95. The Morgan fingerprint density at radius 1 is 1.28 bits per heavy atom. The molecule has 1 unspecified atom stereocenters. The Balaban J connectivity index is 2.37. The van der Waals surface area contributed by atoms with Crippen molar-refractivity contribution in [3.63, 3.8) is 0 Å². The van der Waals surface area contributed by atoms with Gasteiger partial charge in [0.05, 0.1) is 0 Å². The molecule has 0 aromatic rings. The van der Waals surface area contributed by atoms with Crippen LogP contribution >= 0.6 is 0 Å². The zero-order valence-electron chi connectivity index (χ0n) is 11.3. The van der Waals surface area contributed by atoms with E-state index in [0.29, 0.717) is 13.1 Å². The summed E-state index contributed by atoms with van der Waals surface area (Å²) in [6, 6.07) is 0. The van der Waals surface area contributed by atoms with Crippen LogP contribution < -0.4 is 0 Å². The Hall–Kier alpha value is -1.30. The summed E-state index contributed by atoms with van der Waals surface area (Å²) in [5.41, 5.74) is -2.26. The molecule has 2 N–H and O–H groups in total. The van der Waals surface area contributed by atoms with E-state index in [4.69, 9.17) is 9.84 Å². The molecule has 0 aromatic heterocycles. The number of carbonyl (C=O) groups is 2. The number of ether oxygens (including phenoxy) is 1. The van der Waals surface area contributed by atoms with E-state index in [9.17, 15) is 14.7 Å². The lowest BCUT2D eigenvalue weighted by atomic mass is 9.87. The first-order valence-electron chi connectivity index (χ1n) is 5.95. The first-order chi connectivity index (χ1) is 8.01. The molecule has 1 saturated heterocycles. The Morgan fingerprint density at radius 2 is 1.78 bits per heavy atom. The quantitative estimate of drug-likeness (QED) is 0.792. The molecule has 1 amide bonds. The van der Waals surface area contributed by atoms with Crippen LogP contribution in [0.2, 0.25) is 0 Å². The van der Waals surface area contributed by atoms with Crippen LogP contribution in [0.1, 0.15) is 34.1 Å². The predicted molar refractivity (Wildman–Crippen MR) is 64.2 cm³/mol. The monoisotopic (exact) mass is 259 g/mol. The minimum atomic E-state index is -1.73. The summed E-state index contributed by atoms with van der Waals surface area (Å²) >= 11 is 0. The van der Waals surface area contributed by atoms with E-state index in [0.717, 1.165) is 0 Å². The molecule has 104 valence electrons. The maximum absolute atomic E-state index is 11.6. The lowest BCUT2D eigenvalue weighted by molar-refractivity contribution is -0.159. The Kier molecular flexibility index (Phi) is 3.90. The van der Waals surface area contributed by atoms with Crippen molar-refractivity contribution in [3.8, 4) is 0 Å². The van der Waals surface area contributed by atoms with Crippen LogP contribution in [0.25, 0.3) is 0 Å². The van der Waals surface area contributed by atoms with E-state index in [-0.39, 0.29) is 12.3 Å². The average Bonchev–Trinajstić information content (AvgIpc) is 2.06. The normalized spacial score (nSPS) is 19.9. The van der Waals surface area contributed by atoms with Crippen LogP contribution in [0.5, 0.6) is 0 Å². The molecule has 1 aliphatic rings. The van der Waals surface area contributed by atoms with Crippen molar-refractivity contribution in [2.24, 2.45) is 5.92 Å². The van der Waals surface area contributed by atoms with Crippen LogP contribution in [0.4, 0.5) is 4.79 Å². The number of nitrogens with zero attached hydrogens (tertiary/aromatic N) is 1. The highest BCUT2D eigenvalue weighted by atomic mass is 16.6. The summed E-state index contributed by atoms with van der Waals surface area (Å²) in [7, 11) is 0. The second kappa shape index (κ2) is 4.76. The van der Waals surface area contributed by atoms with Crippen LogP contribution in [-0.4, -0.2) is 51.5 Å². The molecule has 0 radical (unpaired) electrons. The van der Waals surface area contributed by atoms with Gasteiger partial charge in [-0.2, -0.15) is 0 Å². The van der Waals surface area contributed by atoms with E-state index >= 15 is 0 Å². The van der Waals surface area contributed by atoms with Gasteiger partial charge in [0, 0.05) is 13.1 Å². The van der Waals surface area contributed by atoms with E-state index in [1.54, 1.807) is 20.8 Å². The maximum atomic E-state index is 11.6. The van der Waals surface area contributed by atoms with E-state index in [1.807, 2.05) is 0 Å². The lowest BCUT2D eigenvalue weighted by Crippen LogP contribution is -2.54. The zero-order valence-corrected chi connectivity index (χ0v) is 11.3. The summed E-state index contributed by atoms with van der Waals surface area (Å²) in [5, 5.41) is 18.4. The molecule has 0 spiro atoms. The van der Waals surface area contributed by atoms with Crippen molar-refractivity contribution in [2.75, 3.05) is 13.1 Å². The van der Waals surface area contributed by atoms with Crippen LogP contribution in [0.3, 0.4) is 0 Å². The summed E-state index contributed by atoms with van der Waals surface area (Å²) in [6.07, 6.45) is -0.254. The van der Waals surface area contributed by atoms with Crippen LogP contribution in [0, 0.1) is 5.92 Å². The van der Waals surface area contributed by atoms with Gasteiger partial charge < -0.3 is 19.8 Å². The number of carboxylic acids is 1. The standard InChI is InChI=1S/C12H21NO5/c1-11(2,3)18-10(16)13-6-8(7-13)5-12(4,17)9(14)15/h8,17H,5-7H2,1-4H3,(H,14,15). The second-order valence-corrected chi connectivity index (χ2v) is 6.03. The van der Waals surface area contributed by atoms with E-state index in [1.165, 1.54) is 11.8 Å². The highest BCUT2D eigenvalue weighted by Crippen LogP contribution is 2.27. The zero-order chi connectivity index (χ0) is 14.1. The first kappa shape index (κ1) is 14.8. The minimum Gasteiger partial charge on any atom is -0.479 e. The van der Waals surface area contributed by atoms with Gasteiger partial charge in [0.1, 0.15) is 5.60 Å². The van der Waals surface area contributed by atoms with Crippen molar-refractivity contribution >= 4 is 12.1 Å². The molecule has 0 aliphatic carbocycles. The van der Waals surface area contributed by atoms with Gasteiger partial charge in [-0.1, -0.05) is 0 Å². The van der Waals surface area contributed by atoms with Crippen molar-refractivity contribution in [1.29, 1.82) is 0 Å². The van der Waals surface area contributed by atoms with Crippen molar-refractivity contribution in [1.82, 2.24) is 4.90 Å². The summed E-state index contributed by atoms with van der Waals surface area (Å²) in [4.78, 5) is 23.9. The topological polar surface area (TPSA) is 87.1 Å². The summed E-state index contributed by atoms with van der Waals surface area (Å²) < 4.78 is 5.18. The van der Waals surface area contributed by atoms with Crippen molar-refractivity contribution in [2.45, 2.75) is 45.3 Å². The molecule has 1 fully saturated rings. The molecule has 1 atom stereocenters. The minimum absolute atomic E-state index is 0.00335. The number of carboxylic acid groups (broad SMARTS) is 1. The molecular formula is C12H21NO5. The van der Waals surface area contributed by atoms with Crippen molar-refractivity contribution in [3.05, 3.63) is 0 Å². The Bertz CT molecular complexity index is 339. The number of rotatable bonds is 3. The van der Waals surface area contributed by atoms with Gasteiger partial charge in [-0.25, -0.2) is 9.59 Å². The molecule has 1 aliphatic heterocycles. The Morgan fingerprint density at radius 3 is 2.17 bits per heavy atom. The lowest BCUT2D eigenvalue weighted by Gasteiger charge is -2.41. The van der Waals surface area contributed by atoms with Gasteiger partial charge in [-0.05, 0) is 40.0 Å². The molecule has 0 aromatic carbocycles. The highest BCUT2D eigenvalue weighted by Gasteiger charge is 2.40.